The smallest absolute Gasteiger partial charge is 0.331 e. The van der Waals surface area contributed by atoms with Crippen LogP contribution in [0, 0.1) is 0 Å². The summed E-state index contributed by atoms with van der Waals surface area (Å²) in [5, 5.41) is 6.72. The van der Waals surface area contributed by atoms with Crippen LogP contribution in [0.1, 0.15) is 22.5 Å². The number of nitrogens with one attached hydrogen (secondary N) is 2. The van der Waals surface area contributed by atoms with Crippen molar-refractivity contribution in [3.63, 3.8) is 0 Å². The molecule has 2 aliphatic rings. The van der Waals surface area contributed by atoms with E-state index in [0.29, 0.717) is 39.9 Å². The maximum atomic E-state index is 13.5. The Balaban J connectivity index is 1.33. The predicted molar refractivity (Wildman–Crippen MR) is 148 cm³/mol. The van der Waals surface area contributed by atoms with Crippen LogP contribution in [0.4, 0.5) is 21.9 Å². The number of urea groups is 1. The van der Waals surface area contributed by atoms with Crippen molar-refractivity contribution in [1.29, 1.82) is 0 Å². The minimum Gasteiger partial charge on any atom is -0.347 e. The molecule has 38 heavy (non-hydrogen) atoms. The Kier molecular flexibility index (Phi) is 6.09. The number of anilines is 3. The van der Waals surface area contributed by atoms with Crippen LogP contribution in [0.5, 0.6) is 0 Å². The molecule has 0 aliphatic carbocycles. The molecule has 5 heterocycles. The van der Waals surface area contributed by atoms with E-state index >= 15 is 0 Å². The van der Waals surface area contributed by atoms with E-state index in [1.807, 2.05) is 36.4 Å². The number of nitrogens with zero attached hydrogens (tertiary/aromatic N) is 4. The Hall–Kier alpha value is -4.57. The van der Waals surface area contributed by atoms with Gasteiger partial charge in [0.15, 0.2) is 0 Å². The van der Waals surface area contributed by atoms with Crippen molar-refractivity contribution in [2.24, 2.45) is 0 Å². The summed E-state index contributed by atoms with van der Waals surface area (Å²) in [5.74, 6) is -0.436. The summed E-state index contributed by atoms with van der Waals surface area (Å²) in [6.45, 7) is 4.63. The summed E-state index contributed by atoms with van der Waals surface area (Å²) in [6, 6.07) is 12.8. The minimum atomic E-state index is -0.360. The van der Waals surface area contributed by atoms with Crippen LogP contribution in [-0.2, 0) is 4.79 Å². The first-order valence-electron chi connectivity index (χ1n) is 12.3. The van der Waals surface area contributed by atoms with Gasteiger partial charge in [0.1, 0.15) is 9.71 Å². The van der Waals surface area contributed by atoms with E-state index in [2.05, 4.69) is 27.2 Å². The molecule has 1 fully saturated rings. The Morgan fingerprint density at radius 1 is 1.16 bits per heavy atom. The highest BCUT2D eigenvalue weighted by molar-refractivity contribution is 7.21. The Morgan fingerprint density at radius 3 is 2.84 bits per heavy atom. The van der Waals surface area contributed by atoms with Crippen LogP contribution in [-0.4, -0.2) is 51.8 Å². The zero-order valence-electron chi connectivity index (χ0n) is 20.4. The first-order chi connectivity index (χ1) is 18.5. The highest BCUT2D eigenvalue weighted by Gasteiger charge is 2.33. The predicted octanol–water partition coefficient (Wildman–Crippen LogP) is 4.95. The van der Waals surface area contributed by atoms with Crippen LogP contribution in [0.3, 0.4) is 0 Å². The molecule has 9 nitrogen and oxygen atoms in total. The van der Waals surface area contributed by atoms with Crippen LogP contribution in [0.25, 0.3) is 21.3 Å². The van der Waals surface area contributed by atoms with Gasteiger partial charge in [-0.05, 0) is 48.7 Å². The topological polar surface area (TPSA) is 108 Å². The average molecular weight is 525 g/mol. The number of pyridine rings is 2. The second-order valence-electron chi connectivity index (χ2n) is 9.17. The quantitative estimate of drug-likeness (QED) is 0.359. The average Bonchev–Trinajstić information content (AvgIpc) is 3.33. The molecule has 0 spiro atoms. The lowest BCUT2D eigenvalue weighted by atomic mass is 10.0. The molecular weight excluding hydrogens is 500 g/mol. The van der Waals surface area contributed by atoms with Gasteiger partial charge in [0.2, 0.25) is 5.91 Å². The lowest BCUT2D eigenvalue weighted by molar-refractivity contribution is -0.127. The molecule has 6 rings (SSSR count). The number of aromatic nitrogens is 2. The molecule has 0 radical (unpaired) electrons. The zero-order valence-corrected chi connectivity index (χ0v) is 21.2. The summed E-state index contributed by atoms with van der Waals surface area (Å²) >= 11 is 1.24. The van der Waals surface area contributed by atoms with Crippen LogP contribution >= 0.6 is 11.3 Å². The summed E-state index contributed by atoms with van der Waals surface area (Å²) in [4.78, 5) is 51.9. The summed E-state index contributed by atoms with van der Waals surface area (Å²) in [5.41, 5.74) is 3.69. The van der Waals surface area contributed by atoms with Crippen molar-refractivity contribution in [3.05, 3.63) is 78.6 Å². The van der Waals surface area contributed by atoms with Crippen molar-refractivity contribution < 1.29 is 14.4 Å². The van der Waals surface area contributed by atoms with Crippen molar-refractivity contribution in [2.45, 2.75) is 18.9 Å². The summed E-state index contributed by atoms with van der Waals surface area (Å²) in [6.07, 6.45) is 8.00. The first kappa shape index (κ1) is 23.8. The van der Waals surface area contributed by atoms with E-state index in [1.54, 1.807) is 34.5 Å². The van der Waals surface area contributed by atoms with Crippen molar-refractivity contribution >= 4 is 56.5 Å². The molecular formula is C28H24N6O3S. The number of likely N-dealkylation sites (tertiary alicyclic amines) is 1. The number of hydrogen-bond donors (Lipinski definition) is 2. The van der Waals surface area contributed by atoms with Crippen molar-refractivity contribution in [2.75, 3.05) is 23.3 Å². The van der Waals surface area contributed by atoms with Gasteiger partial charge in [0.05, 0.1) is 22.4 Å². The Bertz CT molecular complexity index is 1580. The Morgan fingerprint density at radius 2 is 2.03 bits per heavy atom. The number of thiophene rings is 1. The molecule has 1 saturated heterocycles. The third-order valence-electron chi connectivity index (χ3n) is 6.79. The fourth-order valence-electron chi connectivity index (χ4n) is 5.03. The number of hydrogen-bond acceptors (Lipinski definition) is 6. The molecule has 0 saturated carbocycles. The number of carbonyl (C=O) groups is 3. The number of carbonyl (C=O) groups excluding carboxylic acids is 3. The third-order valence-corrected chi connectivity index (χ3v) is 7.89. The molecule has 10 heteroatoms. The van der Waals surface area contributed by atoms with Gasteiger partial charge < -0.3 is 15.5 Å². The van der Waals surface area contributed by atoms with Gasteiger partial charge in [-0.2, -0.15) is 0 Å². The molecule has 1 atom stereocenters. The number of amides is 4. The highest BCUT2D eigenvalue weighted by atomic mass is 32.1. The summed E-state index contributed by atoms with van der Waals surface area (Å²) in [7, 11) is 0. The second kappa shape index (κ2) is 9.71. The number of piperidine rings is 1. The van der Waals surface area contributed by atoms with Crippen molar-refractivity contribution in [1.82, 2.24) is 20.2 Å². The molecule has 0 bridgehead atoms. The summed E-state index contributed by atoms with van der Waals surface area (Å²) < 4.78 is 0. The lowest BCUT2D eigenvalue weighted by Crippen LogP contribution is -2.49. The van der Waals surface area contributed by atoms with Crippen LogP contribution in [0.2, 0.25) is 0 Å². The SMILES string of the molecule is C=CC(=O)N1CCC[C@@H](NC(=O)c2sc3nccc4c3c2NC(=O)N4c2cccc(-c3cccnc3)c2)C1. The van der Waals surface area contributed by atoms with E-state index in [9.17, 15) is 14.4 Å². The van der Waals surface area contributed by atoms with E-state index in [4.69, 9.17) is 0 Å². The lowest BCUT2D eigenvalue weighted by Gasteiger charge is -2.32. The fourth-order valence-corrected chi connectivity index (χ4v) is 6.06. The van der Waals surface area contributed by atoms with Crippen LogP contribution < -0.4 is 15.5 Å². The number of rotatable bonds is 5. The molecule has 2 N–H and O–H groups in total. The minimum absolute atomic E-state index is 0.144. The first-order valence-corrected chi connectivity index (χ1v) is 13.1. The number of benzene rings is 1. The van der Waals surface area contributed by atoms with Crippen molar-refractivity contribution in [3.8, 4) is 11.1 Å². The van der Waals surface area contributed by atoms with E-state index in [0.717, 1.165) is 29.4 Å². The van der Waals surface area contributed by atoms with Gasteiger partial charge in [0.25, 0.3) is 5.91 Å². The van der Waals surface area contributed by atoms with E-state index < -0.39 is 0 Å². The monoisotopic (exact) mass is 524 g/mol. The molecule has 4 amide bonds. The molecule has 0 unspecified atom stereocenters. The molecule has 4 aromatic rings. The normalized spacial score (nSPS) is 16.7. The Labute approximate surface area is 222 Å². The van der Waals surface area contributed by atoms with Crippen LogP contribution in [0.15, 0.2) is 73.7 Å². The van der Waals surface area contributed by atoms with Gasteiger partial charge >= 0.3 is 6.03 Å². The molecule has 1 aromatic carbocycles. The van der Waals surface area contributed by atoms with Gasteiger partial charge in [-0.15, -0.1) is 11.3 Å². The highest BCUT2D eigenvalue weighted by Crippen LogP contribution is 2.46. The maximum absolute atomic E-state index is 13.5. The standard InChI is InChI=1S/C28H24N6O3S/c1-2-22(35)33-13-5-8-19(16-33)31-26(36)25-24-23-21(10-12-30-27(23)38-25)34(28(37)32-24)20-9-3-6-17(14-20)18-7-4-11-29-15-18/h2-4,6-7,9-12,14-15,19H,1,5,8,13,16H2,(H,31,36)(H,32,37)/t19-/m1/s1. The molecule has 3 aromatic heterocycles. The van der Waals surface area contributed by atoms with Gasteiger partial charge in [-0.3, -0.25) is 19.5 Å². The van der Waals surface area contributed by atoms with E-state index in [-0.39, 0.29) is 23.9 Å². The molecule has 2 aliphatic heterocycles. The zero-order chi connectivity index (χ0) is 26.2. The third kappa shape index (κ3) is 4.18. The molecule has 190 valence electrons. The van der Waals surface area contributed by atoms with Gasteiger partial charge in [0, 0.05) is 43.3 Å². The fraction of sp³-hybridized carbons (Fsp3) is 0.179. The second-order valence-corrected chi connectivity index (χ2v) is 10.2. The maximum Gasteiger partial charge on any atom is 0.331 e. The van der Waals surface area contributed by atoms with E-state index in [1.165, 1.54) is 17.4 Å². The van der Waals surface area contributed by atoms with Gasteiger partial charge in [-0.25, -0.2) is 9.78 Å². The van der Waals surface area contributed by atoms with Gasteiger partial charge in [-0.1, -0.05) is 24.8 Å². The largest absolute Gasteiger partial charge is 0.347 e.